The molecule has 3 N–H and O–H groups in total. The van der Waals surface area contributed by atoms with Crippen LogP contribution >= 0.6 is 0 Å². The smallest absolute Gasteiger partial charge is 0.220 e. The first kappa shape index (κ1) is 10.2. The van der Waals surface area contributed by atoms with Crippen LogP contribution in [0, 0.1) is 0 Å². The van der Waals surface area contributed by atoms with E-state index in [4.69, 9.17) is 10.5 Å². The molecule has 1 aliphatic rings. The second-order valence-corrected chi connectivity index (χ2v) is 3.99. The van der Waals surface area contributed by atoms with Crippen LogP contribution in [-0.2, 0) is 4.74 Å². The molecular weight excluding hydrogens is 218 g/mol. The van der Waals surface area contributed by atoms with Crippen molar-refractivity contribution >= 4 is 22.7 Å². The van der Waals surface area contributed by atoms with Crippen LogP contribution < -0.4 is 11.1 Å². The van der Waals surface area contributed by atoms with Gasteiger partial charge < -0.3 is 15.8 Å². The first-order valence-electron chi connectivity index (χ1n) is 5.55. The molecule has 0 amide bonds. The molecule has 0 bridgehead atoms. The number of fused-ring (bicyclic) bond motifs is 1. The van der Waals surface area contributed by atoms with Gasteiger partial charge in [-0.05, 0) is 12.5 Å². The first-order chi connectivity index (χ1) is 8.33. The lowest BCUT2D eigenvalue weighted by atomic mass is 10.2. The Balaban J connectivity index is 1.88. The van der Waals surface area contributed by atoms with E-state index < -0.39 is 0 Å². The van der Waals surface area contributed by atoms with Gasteiger partial charge in [-0.3, -0.25) is 0 Å². The van der Waals surface area contributed by atoms with Crippen molar-refractivity contribution in [2.24, 2.45) is 0 Å². The average molecular weight is 231 g/mol. The van der Waals surface area contributed by atoms with E-state index in [1.54, 1.807) is 12.4 Å². The lowest BCUT2D eigenvalue weighted by Crippen LogP contribution is -2.33. The molecule has 1 fully saturated rings. The van der Waals surface area contributed by atoms with Gasteiger partial charge in [0.1, 0.15) is 5.52 Å². The largest absolute Gasteiger partial charge is 0.376 e. The van der Waals surface area contributed by atoms with Gasteiger partial charge >= 0.3 is 0 Å². The molecule has 0 spiro atoms. The van der Waals surface area contributed by atoms with Crippen LogP contribution in [0.2, 0.25) is 0 Å². The summed E-state index contributed by atoms with van der Waals surface area (Å²) in [5, 5.41) is 4.16. The minimum absolute atomic E-state index is 0.258. The molecule has 2 aromatic heterocycles. The van der Waals surface area contributed by atoms with E-state index in [0.717, 1.165) is 36.3 Å². The minimum atomic E-state index is 0.258. The molecule has 1 aliphatic heterocycles. The highest BCUT2D eigenvalue weighted by atomic mass is 16.5. The molecule has 6 nitrogen and oxygen atoms in total. The number of nitrogens with zero attached hydrogens (tertiary/aromatic N) is 3. The van der Waals surface area contributed by atoms with E-state index in [9.17, 15) is 0 Å². The summed E-state index contributed by atoms with van der Waals surface area (Å²) in [7, 11) is 0. The van der Waals surface area contributed by atoms with Crippen molar-refractivity contribution in [1.82, 2.24) is 15.0 Å². The lowest BCUT2D eigenvalue weighted by molar-refractivity contribution is -0.0410. The lowest BCUT2D eigenvalue weighted by Gasteiger charge is -2.26. The van der Waals surface area contributed by atoms with Gasteiger partial charge in [-0.15, -0.1) is 0 Å². The van der Waals surface area contributed by atoms with Crippen molar-refractivity contribution in [1.29, 1.82) is 0 Å². The Bertz CT molecular complexity index is 540. The van der Waals surface area contributed by atoms with E-state index in [0.29, 0.717) is 0 Å². The van der Waals surface area contributed by atoms with Crippen LogP contribution in [-0.4, -0.2) is 34.2 Å². The van der Waals surface area contributed by atoms with Gasteiger partial charge in [0.2, 0.25) is 5.95 Å². The van der Waals surface area contributed by atoms with Crippen LogP contribution in [0.1, 0.15) is 6.42 Å². The van der Waals surface area contributed by atoms with Gasteiger partial charge in [-0.2, -0.15) is 0 Å². The quantitative estimate of drug-likeness (QED) is 0.813. The SMILES string of the molecule is Nc1ncc2ccnc(NCC3CCO3)c2n1. The first-order valence-corrected chi connectivity index (χ1v) is 5.55. The number of nitrogens with two attached hydrogens (primary N) is 1. The molecule has 0 aliphatic carbocycles. The van der Waals surface area contributed by atoms with Crippen molar-refractivity contribution in [2.75, 3.05) is 24.2 Å². The molecular formula is C11H13N5O. The summed E-state index contributed by atoms with van der Waals surface area (Å²) in [6.45, 7) is 1.60. The molecule has 2 aromatic rings. The van der Waals surface area contributed by atoms with Crippen molar-refractivity contribution < 1.29 is 4.74 Å². The van der Waals surface area contributed by atoms with E-state index in [-0.39, 0.29) is 12.1 Å². The Labute approximate surface area is 98.2 Å². The fourth-order valence-electron chi connectivity index (χ4n) is 1.76. The van der Waals surface area contributed by atoms with Crippen LogP contribution in [0.25, 0.3) is 10.9 Å². The van der Waals surface area contributed by atoms with Crippen molar-refractivity contribution in [2.45, 2.75) is 12.5 Å². The normalized spacial score (nSPS) is 18.9. The van der Waals surface area contributed by atoms with Crippen LogP contribution in [0.15, 0.2) is 18.5 Å². The topological polar surface area (TPSA) is 86.0 Å². The summed E-state index contributed by atoms with van der Waals surface area (Å²) in [5.74, 6) is 0.987. The van der Waals surface area contributed by atoms with Gasteiger partial charge in [0.15, 0.2) is 5.82 Å². The third kappa shape index (κ3) is 1.99. The van der Waals surface area contributed by atoms with Crippen LogP contribution in [0.5, 0.6) is 0 Å². The average Bonchev–Trinajstić information content (AvgIpc) is 2.27. The molecule has 6 heteroatoms. The molecule has 0 radical (unpaired) electrons. The van der Waals surface area contributed by atoms with E-state index in [1.807, 2.05) is 6.07 Å². The molecule has 1 saturated heterocycles. The molecule has 1 unspecified atom stereocenters. The summed E-state index contributed by atoms with van der Waals surface area (Å²) in [5.41, 5.74) is 6.33. The monoisotopic (exact) mass is 231 g/mol. The number of nitrogens with one attached hydrogen (secondary N) is 1. The summed E-state index contributed by atoms with van der Waals surface area (Å²) >= 11 is 0. The maximum atomic E-state index is 5.58. The number of aromatic nitrogens is 3. The van der Waals surface area contributed by atoms with Gasteiger partial charge in [0.05, 0.1) is 6.10 Å². The number of ether oxygens (including phenoxy) is 1. The number of hydrogen-bond acceptors (Lipinski definition) is 6. The van der Waals surface area contributed by atoms with Crippen LogP contribution in [0.4, 0.5) is 11.8 Å². The zero-order valence-corrected chi connectivity index (χ0v) is 9.26. The maximum Gasteiger partial charge on any atom is 0.220 e. The second kappa shape index (κ2) is 4.14. The molecule has 88 valence electrons. The summed E-state index contributed by atoms with van der Waals surface area (Å²) < 4.78 is 5.34. The molecule has 3 rings (SSSR count). The van der Waals surface area contributed by atoms with Crippen molar-refractivity contribution in [3.05, 3.63) is 18.5 Å². The van der Waals surface area contributed by atoms with Gasteiger partial charge in [-0.1, -0.05) is 0 Å². The Kier molecular flexibility index (Phi) is 2.49. The molecule has 0 aromatic carbocycles. The highest BCUT2D eigenvalue weighted by Gasteiger charge is 2.18. The number of hydrogen-bond donors (Lipinski definition) is 2. The number of nitrogen functional groups attached to an aromatic ring is 1. The predicted octanol–water partition coefficient (Wildman–Crippen LogP) is 0.808. The zero-order chi connectivity index (χ0) is 11.7. The predicted molar refractivity (Wildman–Crippen MR) is 64.6 cm³/mol. The molecule has 1 atom stereocenters. The highest BCUT2D eigenvalue weighted by molar-refractivity contribution is 5.87. The molecule has 3 heterocycles. The van der Waals surface area contributed by atoms with Gasteiger partial charge in [0, 0.05) is 30.9 Å². The third-order valence-corrected chi connectivity index (χ3v) is 2.81. The summed E-state index contributed by atoms with van der Waals surface area (Å²) in [6.07, 6.45) is 4.80. The van der Waals surface area contributed by atoms with Crippen molar-refractivity contribution in [3.63, 3.8) is 0 Å². The Morgan fingerprint density at radius 2 is 2.35 bits per heavy atom. The fraction of sp³-hybridized carbons (Fsp3) is 0.364. The standard InChI is InChI=1S/C11H13N5O/c12-11-15-5-7-1-3-13-10(9(7)16-11)14-6-8-2-4-17-8/h1,3,5,8H,2,4,6H2,(H,13,14)(H2,12,15,16). The summed E-state index contributed by atoms with van der Waals surface area (Å²) in [4.78, 5) is 12.4. The highest BCUT2D eigenvalue weighted by Crippen LogP contribution is 2.19. The zero-order valence-electron chi connectivity index (χ0n) is 9.26. The van der Waals surface area contributed by atoms with Crippen LogP contribution in [0.3, 0.4) is 0 Å². The number of rotatable bonds is 3. The Morgan fingerprint density at radius 1 is 1.47 bits per heavy atom. The van der Waals surface area contributed by atoms with E-state index >= 15 is 0 Å². The number of anilines is 2. The third-order valence-electron chi connectivity index (χ3n) is 2.81. The van der Waals surface area contributed by atoms with Gasteiger partial charge in [0.25, 0.3) is 0 Å². The summed E-state index contributed by atoms with van der Waals surface area (Å²) in [6, 6.07) is 1.86. The fourth-order valence-corrected chi connectivity index (χ4v) is 1.76. The van der Waals surface area contributed by atoms with Crippen molar-refractivity contribution in [3.8, 4) is 0 Å². The minimum Gasteiger partial charge on any atom is -0.376 e. The van der Waals surface area contributed by atoms with Gasteiger partial charge in [-0.25, -0.2) is 15.0 Å². The molecule has 17 heavy (non-hydrogen) atoms. The Hall–Kier alpha value is -1.95. The Morgan fingerprint density at radius 3 is 3.12 bits per heavy atom. The second-order valence-electron chi connectivity index (χ2n) is 3.99. The van der Waals surface area contributed by atoms with E-state index in [2.05, 4.69) is 20.3 Å². The maximum absolute atomic E-state index is 5.58. The number of pyridine rings is 1. The molecule has 0 saturated carbocycles. The van der Waals surface area contributed by atoms with E-state index in [1.165, 1.54) is 0 Å².